The zero-order valence-corrected chi connectivity index (χ0v) is 18.2. The van der Waals surface area contributed by atoms with Gasteiger partial charge in [-0.25, -0.2) is 16.8 Å². The number of anilines is 1. The molecule has 0 saturated carbocycles. The van der Waals surface area contributed by atoms with Crippen molar-refractivity contribution in [3.05, 3.63) is 42.5 Å². The van der Waals surface area contributed by atoms with Crippen LogP contribution in [0.15, 0.2) is 52.3 Å². The van der Waals surface area contributed by atoms with E-state index in [4.69, 9.17) is 9.47 Å². The minimum Gasteiger partial charge on any atom is -0.486 e. The molecular formula is C20H24N2O6S2. The van der Waals surface area contributed by atoms with E-state index in [9.17, 15) is 16.8 Å². The summed E-state index contributed by atoms with van der Waals surface area (Å²) in [6, 6.07) is 10.2. The lowest BCUT2D eigenvalue weighted by atomic mass is 10.0. The number of hydrogen-bond donors (Lipinski definition) is 1. The standard InChI is InChI=1S/C20H24N2O6S2/c1-15-3-2-10-22(14-15)30(25,26)17-6-4-16(5-7-17)21-29(23,24)18-8-9-19-20(13-18)28-12-11-27-19/h4-9,13,15,21H,2-3,10-12,14H2,1H3. The van der Waals surface area contributed by atoms with Crippen LogP contribution in [0.1, 0.15) is 19.8 Å². The van der Waals surface area contributed by atoms with E-state index in [-0.39, 0.29) is 15.5 Å². The van der Waals surface area contributed by atoms with Gasteiger partial charge < -0.3 is 9.47 Å². The van der Waals surface area contributed by atoms with Crippen LogP contribution in [-0.2, 0) is 20.0 Å². The van der Waals surface area contributed by atoms with Crippen LogP contribution in [0.4, 0.5) is 5.69 Å². The topological polar surface area (TPSA) is 102 Å². The molecule has 1 saturated heterocycles. The van der Waals surface area contributed by atoms with Crippen molar-refractivity contribution in [2.45, 2.75) is 29.6 Å². The molecule has 0 spiro atoms. The van der Waals surface area contributed by atoms with Gasteiger partial charge in [0.25, 0.3) is 10.0 Å². The van der Waals surface area contributed by atoms with Gasteiger partial charge in [0, 0.05) is 24.8 Å². The third-order valence-corrected chi connectivity index (χ3v) is 8.45. The Labute approximate surface area is 176 Å². The van der Waals surface area contributed by atoms with E-state index in [0.29, 0.717) is 43.7 Å². The molecule has 2 aliphatic heterocycles. The first-order chi connectivity index (χ1) is 14.3. The molecule has 0 radical (unpaired) electrons. The summed E-state index contributed by atoms with van der Waals surface area (Å²) < 4.78 is 66.0. The fourth-order valence-electron chi connectivity index (χ4n) is 3.61. The SMILES string of the molecule is CC1CCCN(S(=O)(=O)c2ccc(NS(=O)(=O)c3ccc4c(c3)OCCO4)cc2)C1. The van der Waals surface area contributed by atoms with Gasteiger partial charge >= 0.3 is 0 Å². The molecule has 162 valence electrons. The molecule has 0 amide bonds. The van der Waals surface area contributed by atoms with Gasteiger partial charge in [-0.3, -0.25) is 4.72 Å². The van der Waals surface area contributed by atoms with Gasteiger partial charge in [0.05, 0.1) is 9.79 Å². The molecular weight excluding hydrogens is 428 g/mol. The van der Waals surface area contributed by atoms with Crippen LogP contribution in [0.2, 0.25) is 0 Å². The average molecular weight is 453 g/mol. The minimum absolute atomic E-state index is 0.0331. The molecule has 4 rings (SSSR count). The van der Waals surface area contributed by atoms with Crippen LogP contribution in [0.25, 0.3) is 0 Å². The lowest BCUT2D eigenvalue weighted by molar-refractivity contribution is 0.171. The normalized spacial score (nSPS) is 20.0. The van der Waals surface area contributed by atoms with Crippen LogP contribution in [0, 0.1) is 5.92 Å². The molecule has 0 bridgehead atoms. The number of fused-ring (bicyclic) bond motifs is 1. The van der Waals surface area contributed by atoms with E-state index < -0.39 is 20.0 Å². The second kappa shape index (κ2) is 8.09. The summed E-state index contributed by atoms with van der Waals surface area (Å²) in [6.45, 7) is 3.82. The van der Waals surface area contributed by atoms with Crippen molar-refractivity contribution < 1.29 is 26.3 Å². The quantitative estimate of drug-likeness (QED) is 0.748. The molecule has 2 aromatic rings. The monoisotopic (exact) mass is 452 g/mol. The van der Waals surface area contributed by atoms with Gasteiger partial charge in [0.15, 0.2) is 11.5 Å². The first-order valence-corrected chi connectivity index (χ1v) is 12.7. The number of ether oxygens (including phenoxy) is 2. The van der Waals surface area contributed by atoms with E-state index in [1.807, 2.05) is 6.92 Å². The van der Waals surface area contributed by atoms with Crippen molar-refractivity contribution in [1.82, 2.24) is 4.31 Å². The Bertz CT molecular complexity index is 1130. The second-order valence-electron chi connectivity index (χ2n) is 7.55. The van der Waals surface area contributed by atoms with E-state index in [1.54, 1.807) is 6.07 Å². The van der Waals surface area contributed by atoms with Gasteiger partial charge in [0.1, 0.15) is 13.2 Å². The molecule has 1 fully saturated rings. The number of benzene rings is 2. The van der Waals surface area contributed by atoms with Gasteiger partial charge in [0.2, 0.25) is 10.0 Å². The Balaban J connectivity index is 1.52. The Morgan fingerprint density at radius 2 is 1.60 bits per heavy atom. The number of nitrogens with one attached hydrogen (secondary N) is 1. The van der Waals surface area contributed by atoms with Gasteiger partial charge in [-0.2, -0.15) is 4.31 Å². The first-order valence-electron chi connectivity index (χ1n) is 9.78. The van der Waals surface area contributed by atoms with Gasteiger partial charge in [-0.1, -0.05) is 6.92 Å². The summed E-state index contributed by atoms with van der Waals surface area (Å²) in [7, 11) is -7.46. The molecule has 30 heavy (non-hydrogen) atoms. The third-order valence-electron chi connectivity index (χ3n) is 5.19. The number of sulfonamides is 2. The van der Waals surface area contributed by atoms with Gasteiger partial charge in [-0.15, -0.1) is 0 Å². The number of piperidine rings is 1. The molecule has 0 aromatic heterocycles. The maximum atomic E-state index is 12.8. The molecule has 1 N–H and O–H groups in total. The fourth-order valence-corrected chi connectivity index (χ4v) is 6.29. The highest BCUT2D eigenvalue weighted by Gasteiger charge is 2.28. The summed E-state index contributed by atoms with van der Waals surface area (Å²) in [5.41, 5.74) is 0.274. The first kappa shape index (κ1) is 21.0. The Morgan fingerprint density at radius 1 is 0.933 bits per heavy atom. The van der Waals surface area contributed by atoms with Crippen molar-refractivity contribution in [3.63, 3.8) is 0 Å². The highest BCUT2D eigenvalue weighted by molar-refractivity contribution is 7.92. The predicted octanol–water partition coefficient (Wildman–Crippen LogP) is 2.68. The zero-order valence-electron chi connectivity index (χ0n) is 16.6. The molecule has 2 aliphatic rings. The Hall–Kier alpha value is -2.30. The van der Waals surface area contributed by atoms with Crippen molar-refractivity contribution in [1.29, 1.82) is 0 Å². The number of rotatable bonds is 5. The average Bonchev–Trinajstić information content (AvgIpc) is 2.73. The predicted molar refractivity (Wildman–Crippen MR) is 112 cm³/mol. The fraction of sp³-hybridized carbons (Fsp3) is 0.400. The van der Waals surface area contributed by atoms with Crippen LogP contribution < -0.4 is 14.2 Å². The largest absolute Gasteiger partial charge is 0.486 e. The molecule has 2 aromatic carbocycles. The van der Waals surface area contributed by atoms with Crippen LogP contribution in [0.3, 0.4) is 0 Å². The van der Waals surface area contributed by atoms with Crippen LogP contribution in [-0.4, -0.2) is 47.4 Å². The minimum atomic E-state index is -3.87. The van der Waals surface area contributed by atoms with E-state index in [1.165, 1.54) is 40.7 Å². The number of nitrogens with zero attached hydrogens (tertiary/aromatic N) is 1. The van der Waals surface area contributed by atoms with Crippen molar-refractivity contribution in [2.75, 3.05) is 31.0 Å². The Kier molecular flexibility index (Phi) is 5.65. The molecule has 8 nitrogen and oxygen atoms in total. The van der Waals surface area contributed by atoms with E-state index in [0.717, 1.165) is 12.8 Å². The van der Waals surface area contributed by atoms with E-state index in [2.05, 4.69) is 4.72 Å². The zero-order chi connectivity index (χ0) is 21.4. The smallest absolute Gasteiger partial charge is 0.262 e. The summed E-state index contributed by atoms with van der Waals surface area (Å²) in [5, 5.41) is 0. The highest BCUT2D eigenvalue weighted by Crippen LogP contribution is 2.33. The molecule has 0 aliphatic carbocycles. The van der Waals surface area contributed by atoms with Crippen molar-refractivity contribution >= 4 is 25.7 Å². The highest BCUT2D eigenvalue weighted by atomic mass is 32.2. The summed E-state index contributed by atoms with van der Waals surface area (Å²) in [4.78, 5) is 0.185. The molecule has 10 heteroatoms. The van der Waals surface area contributed by atoms with Crippen molar-refractivity contribution in [2.24, 2.45) is 5.92 Å². The number of hydrogen-bond acceptors (Lipinski definition) is 6. The summed E-state index contributed by atoms with van der Waals surface area (Å²) in [6.07, 6.45) is 1.86. The molecule has 1 unspecified atom stereocenters. The van der Waals surface area contributed by atoms with Crippen molar-refractivity contribution in [3.8, 4) is 11.5 Å². The van der Waals surface area contributed by atoms with E-state index >= 15 is 0 Å². The summed E-state index contributed by atoms with van der Waals surface area (Å²) >= 11 is 0. The lowest BCUT2D eigenvalue weighted by Crippen LogP contribution is -2.39. The second-order valence-corrected chi connectivity index (χ2v) is 11.2. The lowest BCUT2D eigenvalue weighted by Gasteiger charge is -2.30. The molecule has 2 heterocycles. The maximum Gasteiger partial charge on any atom is 0.262 e. The van der Waals surface area contributed by atoms with Gasteiger partial charge in [-0.05, 0) is 55.2 Å². The maximum absolute atomic E-state index is 12.8. The summed E-state index contributed by atoms with van der Waals surface area (Å²) in [5.74, 6) is 1.20. The molecule has 1 atom stereocenters. The third kappa shape index (κ3) is 4.26. The Morgan fingerprint density at radius 3 is 2.30 bits per heavy atom. The van der Waals surface area contributed by atoms with Crippen LogP contribution in [0.5, 0.6) is 11.5 Å². The van der Waals surface area contributed by atoms with Crippen LogP contribution >= 0.6 is 0 Å².